The van der Waals surface area contributed by atoms with Crippen molar-refractivity contribution in [3.05, 3.63) is 42.6 Å². The third kappa shape index (κ3) is 4.19. The van der Waals surface area contributed by atoms with Gasteiger partial charge in [-0.1, -0.05) is 6.07 Å². The number of pyridine rings is 1. The Morgan fingerprint density at radius 3 is 2.63 bits per heavy atom. The SMILES string of the molecule is CC(C)(C)N(C(=O)O)c1cccc(Oc2ccc3nc(NC(=O)C4CC4)nn3c2)c1. The highest BCUT2D eigenvalue weighted by Gasteiger charge is 2.30. The second-order valence-electron chi connectivity index (χ2n) is 8.25. The summed E-state index contributed by atoms with van der Waals surface area (Å²) >= 11 is 0. The van der Waals surface area contributed by atoms with Crippen LogP contribution in [0.4, 0.5) is 16.4 Å². The molecule has 9 heteroatoms. The molecule has 4 rings (SSSR count). The number of fused-ring (bicyclic) bond motifs is 1. The number of ether oxygens (including phenoxy) is 1. The van der Waals surface area contributed by atoms with Crippen LogP contribution in [-0.4, -0.2) is 37.2 Å². The van der Waals surface area contributed by atoms with Gasteiger partial charge < -0.3 is 9.84 Å². The number of benzene rings is 1. The zero-order chi connectivity index (χ0) is 21.5. The van der Waals surface area contributed by atoms with Gasteiger partial charge in [0.2, 0.25) is 11.9 Å². The van der Waals surface area contributed by atoms with Crippen LogP contribution in [0.5, 0.6) is 11.5 Å². The maximum absolute atomic E-state index is 11.9. The molecule has 1 fully saturated rings. The third-order valence-corrected chi connectivity index (χ3v) is 4.66. The van der Waals surface area contributed by atoms with E-state index in [2.05, 4.69) is 15.4 Å². The van der Waals surface area contributed by atoms with Crippen LogP contribution in [0.3, 0.4) is 0 Å². The summed E-state index contributed by atoms with van der Waals surface area (Å²) in [6.07, 6.45) is 2.43. The Morgan fingerprint density at radius 2 is 1.97 bits per heavy atom. The number of aromatic nitrogens is 3. The number of anilines is 2. The molecule has 0 saturated heterocycles. The average Bonchev–Trinajstić information content (AvgIpc) is 3.42. The highest BCUT2D eigenvalue weighted by atomic mass is 16.5. The van der Waals surface area contributed by atoms with Crippen LogP contribution in [-0.2, 0) is 4.79 Å². The topological polar surface area (TPSA) is 109 Å². The molecule has 0 unspecified atom stereocenters. The van der Waals surface area contributed by atoms with E-state index >= 15 is 0 Å². The normalized spacial score (nSPS) is 13.8. The van der Waals surface area contributed by atoms with E-state index in [-0.39, 0.29) is 17.8 Å². The Bertz CT molecular complexity index is 1110. The zero-order valence-corrected chi connectivity index (χ0v) is 17.0. The molecule has 1 aliphatic carbocycles. The van der Waals surface area contributed by atoms with Gasteiger partial charge in [0.05, 0.1) is 11.9 Å². The molecule has 9 nitrogen and oxygen atoms in total. The minimum Gasteiger partial charge on any atom is -0.465 e. The van der Waals surface area contributed by atoms with E-state index in [1.807, 2.05) is 20.8 Å². The van der Waals surface area contributed by atoms with E-state index in [1.165, 1.54) is 9.42 Å². The molecule has 1 saturated carbocycles. The van der Waals surface area contributed by atoms with E-state index < -0.39 is 11.6 Å². The first-order valence-electron chi connectivity index (χ1n) is 9.69. The standard InChI is InChI=1S/C21H23N5O4/c1-21(2,3)26(20(28)29)14-5-4-6-15(11-14)30-16-9-10-17-22-19(24-25(17)12-16)23-18(27)13-7-8-13/h4-6,9-13H,7-8H2,1-3H3,(H,28,29)(H,23,24,27). The molecular formula is C21H23N5O4. The summed E-state index contributed by atoms with van der Waals surface area (Å²) in [5, 5.41) is 16.6. The number of carboxylic acid groups (broad SMARTS) is 1. The second kappa shape index (κ2) is 7.33. The molecule has 3 aromatic rings. The highest BCUT2D eigenvalue weighted by Crippen LogP contribution is 2.31. The summed E-state index contributed by atoms with van der Waals surface area (Å²) in [4.78, 5) is 29.2. The van der Waals surface area contributed by atoms with Gasteiger partial charge in [-0.15, -0.1) is 5.10 Å². The predicted octanol–water partition coefficient (Wildman–Crippen LogP) is 4.15. The molecule has 156 valence electrons. The summed E-state index contributed by atoms with van der Waals surface area (Å²) in [5.74, 6) is 1.27. The van der Waals surface area contributed by atoms with Gasteiger partial charge >= 0.3 is 6.09 Å². The molecule has 0 bridgehead atoms. The Labute approximate surface area is 173 Å². The predicted molar refractivity (Wildman–Crippen MR) is 111 cm³/mol. The number of hydrogen-bond acceptors (Lipinski definition) is 5. The lowest BCUT2D eigenvalue weighted by Crippen LogP contribution is -2.45. The first kappa shape index (κ1) is 19.7. The number of amides is 2. The van der Waals surface area contributed by atoms with Crippen molar-refractivity contribution in [2.45, 2.75) is 39.2 Å². The molecule has 2 heterocycles. The summed E-state index contributed by atoms with van der Waals surface area (Å²) in [6, 6.07) is 10.4. The monoisotopic (exact) mass is 409 g/mol. The molecule has 2 amide bonds. The Balaban J connectivity index is 1.55. The van der Waals surface area contributed by atoms with Crippen molar-refractivity contribution in [2.75, 3.05) is 10.2 Å². The van der Waals surface area contributed by atoms with E-state index in [9.17, 15) is 14.7 Å². The fraction of sp³-hybridized carbons (Fsp3) is 0.333. The van der Waals surface area contributed by atoms with Crippen molar-refractivity contribution >= 4 is 29.3 Å². The van der Waals surface area contributed by atoms with Gasteiger partial charge in [-0.05, 0) is 57.9 Å². The molecule has 0 aliphatic heterocycles. The maximum atomic E-state index is 11.9. The van der Waals surface area contributed by atoms with Crippen molar-refractivity contribution in [1.29, 1.82) is 0 Å². The molecule has 0 radical (unpaired) electrons. The molecular weight excluding hydrogens is 386 g/mol. The van der Waals surface area contributed by atoms with Crippen molar-refractivity contribution in [3.8, 4) is 11.5 Å². The maximum Gasteiger partial charge on any atom is 0.412 e. The molecule has 0 atom stereocenters. The lowest BCUT2D eigenvalue weighted by molar-refractivity contribution is -0.117. The van der Waals surface area contributed by atoms with Crippen LogP contribution in [0.2, 0.25) is 0 Å². The number of nitrogens with one attached hydrogen (secondary N) is 1. The number of rotatable bonds is 5. The van der Waals surface area contributed by atoms with Crippen molar-refractivity contribution in [2.24, 2.45) is 5.92 Å². The molecule has 0 spiro atoms. The number of carbonyl (C=O) groups excluding carboxylic acids is 1. The first-order valence-corrected chi connectivity index (χ1v) is 9.69. The lowest BCUT2D eigenvalue weighted by Gasteiger charge is -2.33. The lowest BCUT2D eigenvalue weighted by atomic mass is 10.1. The van der Waals surface area contributed by atoms with Gasteiger partial charge in [-0.25, -0.2) is 9.31 Å². The zero-order valence-electron chi connectivity index (χ0n) is 17.0. The van der Waals surface area contributed by atoms with Crippen molar-refractivity contribution in [1.82, 2.24) is 14.6 Å². The van der Waals surface area contributed by atoms with Crippen LogP contribution < -0.4 is 15.0 Å². The quantitative estimate of drug-likeness (QED) is 0.655. The third-order valence-electron chi connectivity index (χ3n) is 4.66. The van der Waals surface area contributed by atoms with Crippen LogP contribution in [0.15, 0.2) is 42.6 Å². The van der Waals surface area contributed by atoms with E-state index in [1.54, 1.807) is 42.6 Å². The largest absolute Gasteiger partial charge is 0.465 e. The van der Waals surface area contributed by atoms with Gasteiger partial charge in [0.1, 0.15) is 11.5 Å². The van der Waals surface area contributed by atoms with Gasteiger partial charge in [-0.3, -0.25) is 15.0 Å². The van der Waals surface area contributed by atoms with Crippen LogP contribution in [0.1, 0.15) is 33.6 Å². The summed E-state index contributed by atoms with van der Waals surface area (Å²) in [7, 11) is 0. The smallest absolute Gasteiger partial charge is 0.412 e. The molecule has 1 aliphatic rings. The van der Waals surface area contributed by atoms with Gasteiger partial charge in [0, 0.05) is 17.5 Å². The summed E-state index contributed by atoms with van der Waals surface area (Å²) < 4.78 is 7.44. The molecule has 2 aromatic heterocycles. The number of carbonyl (C=O) groups is 2. The number of nitrogens with zero attached hydrogens (tertiary/aromatic N) is 4. The van der Waals surface area contributed by atoms with E-state index in [0.717, 1.165) is 12.8 Å². The van der Waals surface area contributed by atoms with E-state index in [4.69, 9.17) is 4.74 Å². The average molecular weight is 409 g/mol. The molecule has 30 heavy (non-hydrogen) atoms. The second-order valence-corrected chi connectivity index (χ2v) is 8.25. The molecule has 1 aromatic carbocycles. The molecule has 2 N–H and O–H groups in total. The van der Waals surface area contributed by atoms with Gasteiger partial charge in [-0.2, -0.15) is 4.98 Å². The minimum atomic E-state index is -1.04. The van der Waals surface area contributed by atoms with Gasteiger partial charge in [0.25, 0.3) is 0 Å². The summed E-state index contributed by atoms with van der Waals surface area (Å²) in [5.41, 5.74) is 0.483. The van der Waals surface area contributed by atoms with Crippen molar-refractivity contribution in [3.63, 3.8) is 0 Å². The fourth-order valence-corrected chi connectivity index (χ4v) is 3.14. The van der Waals surface area contributed by atoms with Gasteiger partial charge in [0.15, 0.2) is 5.65 Å². The van der Waals surface area contributed by atoms with Crippen LogP contribution >= 0.6 is 0 Å². The Kier molecular flexibility index (Phi) is 4.81. The van der Waals surface area contributed by atoms with Crippen LogP contribution in [0.25, 0.3) is 5.65 Å². The minimum absolute atomic E-state index is 0.0546. The Morgan fingerprint density at radius 1 is 1.20 bits per heavy atom. The Hall–Kier alpha value is -3.62. The fourth-order valence-electron chi connectivity index (χ4n) is 3.14. The van der Waals surface area contributed by atoms with E-state index in [0.29, 0.717) is 22.8 Å². The van der Waals surface area contributed by atoms with Crippen LogP contribution in [0, 0.1) is 5.92 Å². The van der Waals surface area contributed by atoms with Crippen molar-refractivity contribution < 1.29 is 19.4 Å². The summed E-state index contributed by atoms with van der Waals surface area (Å²) in [6.45, 7) is 5.48. The highest BCUT2D eigenvalue weighted by molar-refractivity contribution is 5.92. The first-order chi connectivity index (χ1) is 14.2. The number of hydrogen-bond donors (Lipinski definition) is 2.